The summed E-state index contributed by atoms with van der Waals surface area (Å²) in [5.74, 6) is 1.01. The van der Waals surface area contributed by atoms with Crippen LogP contribution in [0.1, 0.15) is 31.2 Å². The third-order valence-electron chi connectivity index (χ3n) is 2.24. The highest BCUT2D eigenvalue weighted by Crippen LogP contribution is 2.30. The number of hydrogen-bond donors (Lipinski definition) is 1. The minimum atomic E-state index is 0.254. The first-order valence-corrected chi connectivity index (χ1v) is 6.48. The predicted molar refractivity (Wildman–Crippen MR) is 68.6 cm³/mol. The molecule has 0 amide bonds. The fraction of sp³-hybridized carbons (Fsp3) is 0.364. The molecular weight excluding hydrogens is 256 g/mol. The van der Waals surface area contributed by atoms with Gasteiger partial charge in [0.25, 0.3) is 0 Å². The number of H-pyrrole nitrogens is 1. The Hall–Kier alpha value is -1.07. The van der Waals surface area contributed by atoms with Crippen molar-refractivity contribution in [2.75, 3.05) is 0 Å². The van der Waals surface area contributed by atoms with Crippen LogP contribution in [-0.2, 0) is 0 Å². The smallest absolute Gasteiger partial charge is 0.171 e. The van der Waals surface area contributed by atoms with Crippen molar-refractivity contribution >= 4 is 23.4 Å². The zero-order valence-corrected chi connectivity index (χ0v) is 11.4. The highest BCUT2D eigenvalue weighted by molar-refractivity contribution is 7.99. The van der Waals surface area contributed by atoms with Crippen LogP contribution in [-0.4, -0.2) is 19.9 Å². The Morgan fingerprint density at radius 2 is 2.12 bits per heavy atom. The van der Waals surface area contributed by atoms with E-state index in [1.54, 1.807) is 12.4 Å². The molecule has 0 aliphatic heterocycles. The molecule has 0 bridgehead atoms. The molecule has 90 valence electrons. The first kappa shape index (κ1) is 12.4. The van der Waals surface area contributed by atoms with Crippen LogP contribution in [0.4, 0.5) is 0 Å². The van der Waals surface area contributed by atoms with E-state index in [0.29, 0.717) is 5.15 Å². The average Bonchev–Trinajstić information content (AvgIpc) is 2.77. The van der Waals surface area contributed by atoms with Gasteiger partial charge < -0.3 is 4.98 Å². The van der Waals surface area contributed by atoms with E-state index in [9.17, 15) is 0 Å². The van der Waals surface area contributed by atoms with Crippen LogP contribution in [0.25, 0.3) is 0 Å². The second-order valence-corrected chi connectivity index (χ2v) is 5.29. The molecule has 0 aliphatic rings. The van der Waals surface area contributed by atoms with Gasteiger partial charge in [0.05, 0.1) is 0 Å². The fourth-order valence-corrected chi connectivity index (χ4v) is 2.29. The number of aromatic nitrogens is 4. The second-order valence-electron chi connectivity index (χ2n) is 3.95. The summed E-state index contributed by atoms with van der Waals surface area (Å²) in [4.78, 5) is 16.0. The van der Waals surface area contributed by atoms with Crippen molar-refractivity contribution in [3.8, 4) is 0 Å². The van der Waals surface area contributed by atoms with Gasteiger partial charge in [0.2, 0.25) is 0 Å². The van der Waals surface area contributed by atoms with Crippen LogP contribution in [0.5, 0.6) is 0 Å². The molecule has 0 aromatic carbocycles. The van der Waals surface area contributed by atoms with Crippen molar-refractivity contribution in [3.05, 3.63) is 28.9 Å². The zero-order valence-electron chi connectivity index (χ0n) is 9.86. The van der Waals surface area contributed by atoms with Gasteiger partial charge in [0.1, 0.15) is 16.0 Å². The number of halogens is 1. The lowest BCUT2D eigenvalue weighted by Gasteiger charge is -2.09. The molecule has 2 heterocycles. The first-order valence-electron chi connectivity index (χ1n) is 5.29. The molecule has 2 aromatic rings. The first-order chi connectivity index (χ1) is 8.08. The summed E-state index contributed by atoms with van der Waals surface area (Å²) in [6.45, 7) is 6.00. The Kier molecular flexibility index (Phi) is 3.69. The average molecular weight is 269 g/mol. The molecule has 0 saturated heterocycles. The van der Waals surface area contributed by atoms with E-state index in [4.69, 9.17) is 11.6 Å². The van der Waals surface area contributed by atoms with E-state index in [-0.39, 0.29) is 5.92 Å². The molecule has 1 N–H and O–H groups in total. The molecule has 0 spiro atoms. The van der Waals surface area contributed by atoms with Gasteiger partial charge in [0.15, 0.2) is 5.16 Å². The van der Waals surface area contributed by atoms with Gasteiger partial charge in [-0.2, -0.15) is 0 Å². The topological polar surface area (TPSA) is 54.5 Å². The molecule has 0 fully saturated rings. The summed E-state index contributed by atoms with van der Waals surface area (Å²) >= 11 is 7.57. The molecular formula is C11H13ClN4S. The minimum absolute atomic E-state index is 0.254. The number of aromatic amines is 1. The number of nitrogens with zero attached hydrogens (tertiary/aromatic N) is 3. The maximum Gasteiger partial charge on any atom is 0.171 e. The summed E-state index contributed by atoms with van der Waals surface area (Å²) in [5.41, 5.74) is 0.887. The molecule has 0 atom stereocenters. The van der Waals surface area contributed by atoms with Crippen LogP contribution in [0.15, 0.2) is 22.6 Å². The fourth-order valence-electron chi connectivity index (χ4n) is 1.24. The van der Waals surface area contributed by atoms with Crippen molar-refractivity contribution in [1.82, 2.24) is 19.9 Å². The normalized spacial score (nSPS) is 11.1. The van der Waals surface area contributed by atoms with E-state index >= 15 is 0 Å². The predicted octanol–water partition coefficient (Wildman–Crippen LogP) is 3.44. The SMILES string of the molecule is Cc1c(Cl)nc(C(C)C)nc1Sc1ncc[nH]1. The monoisotopic (exact) mass is 268 g/mol. The lowest BCUT2D eigenvalue weighted by Crippen LogP contribution is -2.01. The van der Waals surface area contributed by atoms with Crippen molar-refractivity contribution in [1.29, 1.82) is 0 Å². The molecule has 0 unspecified atom stereocenters. The second kappa shape index (κ2) is 5.06. The van der Waals surface area contributed by atoms with E-state index in [0.717, 1.165) is 21.6 Å². The van der Waals surface area contributed by atoms with Crippen LogP contribution >= 0.6 is 23.4 Å². The molecule has 17 heavy (non-hydrogen) atoms. The zero-order chi connectivity index (χ0) is 12.4. The van der Waals surface area contributed by atoms with Gasteiger partial charge in [-0.15, -0.1) is 0 Å². The molecule has 6 heteroatoms. The Labute approximate surface area is 109 Å². The summed E-state index contributed by atoms with van der Waals surface area (Å²) in [6.07, 6.45) is 3.49. The highest BCUT2D eigenvalue weighted by Gasteiger charge is 2.13. The van der Waals surface area contributed by atoms with Crippen molar-refractivity contribution in [3.63, 3.8) is 0 Å². The number of nitrogens with one attached hydrogen (secondary N) is 1. The van der Waals surface area contributed by atoms with Gasteiger partial charge in [-0.1, -0.05) is 25.4 Å². The third kappa shape index (κ3) is 2.79. The van der Waals surface area contributed by atoms with Crippen LogP contribution in [0.3, 0.4) is 0 Å². The van der Waals surface area contributed by atoms with Crippen LogP contribution < -0.4 is 0 Å². The van der Waals surface area contributed by atoms with Gasteiger partial charge in [-0.3, -0.25) is 0 Å². The molecule has 2 aromatic heterocycles. The quantitative estimate of drug-likeness (QED) is 0.867. The molecule has 2 rings (SSSR count). The van der Waals surface area contributed by atoms with E-state index in [1.165, 1.54) is 11.8 Å². The van der Waals surface area contributed by atoms with E-state index in [1.807, 2.05) is 20.8 Å². The van der Waals surface area contributed by atoms with Gasteiger partial charge in [-0.25, -0.2) is 15.0 Å². The van der Waals surface area contributed by atoms with Crippen LogP contribution in [0, 0.1) is 6.92 Å². The standard InChI is InChI=1S/C11H13ClN4S/c1-6(2)9-15-8(12)7(3)10(16-9)17-11-13-4-5-14-11/h4-6H,1-3H3,(H,13,14). The molecule has 0 radical (unpaired) electrons. The maximum absolute atomic E-state index is 6.11. The van der Waals surface area contributed by atoms with E-state index in [2.05, 4.69) is 19.9 Å². The van der Waals surface area contributed by atoms with Gasteiger partial charge in [0, 0.05) is 23.9 Å². The number of hydrogen-bond acceptors (Lipinski definition) is 4. The maximum atomic E-state index is 6.11. The summed E-state index contributed by atoms with van der Waals surface area (Å²) in [7, 11) is 0. The largest absolute Gasteiger partial charge is 0.339 e. The summed E-state index contributed by atoms with van der Waals surface area (Å²) in [5, 5.41) is 2.17. The van der Waals surface area contributed by atoms with Crippen molar-refractivity contribution in [2.24, 2.45) is 0 Å². The Bertz CT molecular complexity index is 510. The summed E-state index contributed by atoms with van der Waals surface area (Å²) < 4.78 is 0. The Morgan fingerprint density at radius 1 is 1.35 bits per heavy atom. The molecule has 0 aliphatic carbocycles. The Balaban J connectivity index is 2.38. The van der Waals surface area contributed by atoms with Crippen molar-refractivity contribution < 1.29 is 0 Å². The Morgan fingerprint density at radius 3 is 2.71 bits per heavy atom. The highest BCUT2D eigenvalue weighted by atomic mass is 35.5. The third-order valence-corrected chi connectivity index (χ3v) is 3.62. The molecule has 4 nitrogen and oxygen atoms in total. The lowest BCUT2D eigenvalue weighted by atomic mass is 10.2. The van der Waals surface area contributed by atoms with E-state index < -0.39 is 0 Å². The van der Waals surface area contributed by atoms with Gasteiger partial charge in [-0.05, 0) is 18.7 Å². The molecule has 0 saturated carbocycles. The number of imidazole rings is 1. The van der Waals surface area contributed by atoms with Gasteiger partial charge >= 0.3 is 0 Å². The lowest BCUT2D eigenvalue weighted by molar-refractivity contribution is 0.747. The van der Waals surface area contributed by atoms with Crippen molar-refractivity contribution in [2.45, 2.75) is 36.9 Å². The number of rotatable bonds is 3. The minimum Gasteiger partial charge on any atom is -0.339 e. The van der Waals surface area contributed by atoms with Crippen LogP contribution in [0.2, 0.25) is 5.15 Å². The summed E-state index contributed by atoms with van der Waals surface area (Å²) in [6, 6.07) is 0.